The summed E-state index contributed by atoms with van der Waals surface area (Å²) >= 11 is 0. The summed E-state index contributed by atoms with van der Waals surface area (Å²) in [5.74, 6) is 0.709. The summed E-state index contributed by atoms with van der Waals surface area (Å²) in [4.78, 5) is 42.9. The van der Waals surface area contributed by atoms with E-state index in [1.165, 1.54) is 24.7 Å². The van der Waals surface area contributed by atoms with Gasteiger partial charge in [-0.05, 0) is 30.5 Å². The van der Waals surface area contributed by atoms with Gasteiger partial charge in [0.05, 0.1) is 0 Å². The molecule has 1 atom stereocenters. The van der Waals surface area contributed by atoms with Gasteiger partial charge in [0, 0.05) is 52.4 Å². The van der Waals surface area contributed by atoms with E-state index in [1.807, 2.05) is 19.2 Å². The zero-order chi connectivity index (χ0) is 18.8. The first-order valence-corrected chi connectivity index (χ1v) is 8.62. The number of pyridine rings is 1. The summed E-state index contributed by atoms with van der Waals surface area (Å²) < 4.78 is 2.23. The van der Waals surface area contributed by atoms with E-state index < -0.39 is 11.2 Å². The first kappa shape index (κ1) is 17.9. The van der Waals surface area contributed by atoms with Gasteiger partial charge in [0.25, 0.3) is 11.5 Å². The second-order valence-corrected chi connectivity index (χ2v) is 6.58. The fourth-order valence-electron chi connectivity index (χ4n) is 3.37. The average Bonchev–Trinajstić information content (AvgIpc) is 2.68. The van der Waals surface area contributed by atoms with Crippen LogP contribution < -0.4 is 16.6 Å². The lowest BCUT2D eigenvalue weighted by atomic mass is 9.91. The van der Waals surface area contributed by atoms with E-state index in [4.69, 9.17) is 0 Å². The molecule has 2 aromatic heterocycles. The number of likely N-dealkylation sites (tertiary alicyclic amines) is 1. The van der Waals surface area contributed by atoms with Crippen molar-refractivity contribution in [2.45, 2.75) is 18.8 Å². The zero-order valence-electron chi connectivity index (χ0n) is 15.2. The van der Waals surface area contributed by atoms with E-state index in [0.29, 0.717) is 13.1 Å². The van der Waals surface area contributed by atoms with Gasteiger partial charge in [-0.2, -0.15) is 0 Å². The van der Waals surface area contributed by atoms with Gasteiger partial charge in [-0.3, -0.25) is 18.7 Å². The Bertz CT molecular complexity index is 947. The monoisotopic (exact) mass is 357 g/mol. The van der Waals surface area contributed by atoms with Gasteiger partial charge in [-0.15, -0.1) is 0 Å². The van der Waals surface area contributed by atoms with Crippen LogP contribution in [0.3, 0.4) is 0 Å². The first-order valence-electron chi connectivity index (χ1n) is 8.62. The highest BCUT2D eigenvalue weighted by atomic mass is 16.2. The molecule has 0 aromatic carbocycles. The van der Waals surface area contributed by atoms with E-state index in [9.17, 15) is 14.4 Å². The lowest BCUT2D eigenvalue weighted by molar-refractivity contribution is 0.0695. The second-order valence-electron chi connectivity index (χ2n) is 6.58. The predicted octanol–water partition coefficient (Wildman–Crippen LogP) is 0.540. The van der Waals surface area contributed by atoms with E-state index in [0.717, 1.165) is 28.8 Å². The predicted molar refractivity (Wildman–Crippen MR) is 98.6 cm³/mol. The number of aromatic nitrogens is 3. The summed E-state index contributed by atoms with van der Waals surface area (Å²) in [7, 11) is 4.73. The molecule has 0 bridgehead atoms. The van der Waals surface area contributed by atoms with Gasteiger partial charge < -0.3 is 10.2 Å². The van der Waals surface area contributed by atoms with E-state index in [1.54, 1.807) is 11.1 Å². The van der Waals surface area contributed by atoms with Crippen LogP contribution in [0.15, 0.2) is 34.0 Å². The first-order chi connectivity index (χ1) is 12.4. The number of rotatable bonds is 3. The maximum absolute atomic E-state index is 12.9. The second kappa shape index (κ2) is 7.15. The van der Waals surface area contributed by atoms with Crippen molar-refractivity contribution in [1.29, 1.82) is 0 Å². The number of carbonyl (C=O) groups excluding carboxylic acids is 1. The number of anilines is 1. The van der Waals surface area contributed by atoms with Crippen LogP contribution in [0.4, 0.5) is 5.82 Å². The summed E-state index contributed by atoms with van der Waals surface area (Å²) in [6, 6.07) is 5.19. The van der Waals surface area contributed by atoms with Crippen molar-refractivity contribution >= 4 is 11.7 Å². The molecule has 1 aliphatic heterocycles. The van der Waals surface area contributed by atoms with Gasteiger partial charge in [0.15, 0.2) is 0 Å². The molecule has 1 N–H and O–H groups in total. The summed E-state index contributed by atoms with van der Waals surface area (Å²) in [5.41, 5.74) is 0.282. The quantitative estimate of drug-likeness (QED) is 0.866. The summed E-state index contributed by atoms with van der Waals surface area (Å²) in [6.45, 7) is 1.16. The molecular formula is C18H23N5O3. The maximum atomic E-state index is 12.9. The van der Waals surface area contributed by atoms with E-state index in [-0.39, 0.29) is 17.5 Å². The Kier molecular flexibility index (Phi) is 4.92. The maximum Gasteiger partial charge on any atom is 0.331 e. The molecule has 8 nitrogen and oxygen atoms in total. The van der Waals surface area contributed by atoms with Crippen LogP contribution in [-0.4, -0.2) is 45.1 Å². The Morgan fingerprint density at radius 3 is 2.73 bits per heavy atom. The molecule has 2 aromatic rings. The number of nitrogens with zero attached hydrogens (tertiary/aromatic N) is 4. The SMILES string of the molecule is CNc1cc(C2CCCN(C(=O)c3cc(=O)n(C)c(=O)n3C)C2)ccn1. The standard InChI is InChI=1S/C18H23N5O3/c1-19-15-9-12(6-7-20-15)13-5-4-8-23(11-13)17(25)14-10-16(24)22(3)18(26)21(14)2/h6-7,9-10,13H,4-5,8,11H2,1-3H3,(H,19,20). The Morgan fingerprint density at radius 1 is 1.23 bits per heavy atom. The highest BCUT2D eigenvalue weighted by Gasteiger charge is 2.27. The number of amides is 1. The van der Waals surface area contributed by atoms with Gasteiger partial charge in [-0.25, -0.2) is 9.78 Å². The molecule has 1 amide bonds. The third-order valence-corrected chi connectivity index (χ3v) is 4.97. The zero-order valence-corrected chi connectivity index (χ0v) is 15.2. The van der Waals surface area contributed by atoms with Crippen LogP contribution in [0.2, 0.25) is 0 Å². The number of piperidine rings is 1. The Hall–Kier alpha value is -2.90. The molecule has 3 rings (SSSR count). The number of hydrogen-bond donors (Lipinski definition) is 1. The lowest BCUT2D eigenvalue weighted by Crippen LogP contribution is -2.44. The van der Waals surface area contributed by atoms with Crippen molar-refractivity contribution in [1.82, 2.24) is 19.0 Å². The Morgan fingerprint density at radius 2 is 2.00 bits per heavy atom. The molecule has 8 heteroatoms. The summed E-state index contributed by atoms with van der Waals surface area (Å²) in [6.07, 6.45) is 3.60. The molecular weight excluding hydrogens is 334 g/mol. The van der Waals surface area contributed by atoms with Crippen molar-refractivity contribution in [3.8, 4) is 0 Å². The van der Waals surface area contributed by atoms with Crippen LogP contribution in [0, 0.1) is 0 Å². The Labute approximate surface area is 151 Å². The molecule has 138 valence electrons. The van der Waals surface area contributed by atoms with E-state index >= 15 is 0 Å². The highest BCUT2D eigenvalue weighted by Crippen LogP contribution is 2.28. The number of nitrogens with one attached hydrogen (secondary N) is 1. The molecule has 0 saturated carbocycles. The summed E-state index contributed by atoms with van der Waals surface area (Å²) in [5, 5.41) is 3.02. The minimum absolute atomic E-state index is 0.129. The number of hydrogen-bond acceptors (Lipinski definition) is 5. The molecule has 0 radical (unpaired) electrons. The smallest absolute Gasteiger partial charge is 0.331 e. The third kappa shape index (κ3) is 3.26. The molecule has 0 aliphatic carbocycles. The van der Waals surface area contributed by atoms with Crippen molar-refractivity contribution in [3.05, 3.63) is 56.5 Å². The molecule has 1 fully saturated rings. The molecule has 3 heterocycles. The lowest BCUT2D eigenvalue weighted by Gasteiger charge is -2.33. The highest BCUT2D eigenvalue weighted by molar-refractivity contribution is 5.92. The minimum Gasteiger partial charge on any atom is -0.373 e. The number of carbonyl (C=O) groups is 1. The van der Waals surface area contributed by atoms with Crippen molar-refractivity contribution in [3.63, 3.8) is 0 Å². The van der Waals surface area contributed by atoms with Gasteiger partial charge in [0.2, 0.25) is 0 Å². The molecule has 1 unspecified atom stereocenters. The van der Waals surface area contributed by atoms with Crippen LogP contribution in [-0.2, 0) is 14.1 Å². The minimum atomic E-state index is -0.498. The van der Waals surface area contributed by atoms with Gasteiger partial charge in [0.1, 0.15) is 11.5 Å². The normalized spacial score (nSPS) is 17.2. The molecule has 26 heavy (non-hydrogen) atoms. The fourth-order valence-corrected chi connectivity index (χ4v) is 3.37. The van der Waals surface area contributed by atoms with Crippen molar-refractivity contribution < 1.29 is 4.79 Å². The molecule has 1 aliphatic rings. The largest absolute Gasteiger partial charge is 0.373 e. The van der Waals surface area contributed by atoms with E-state index in [2.05, 4.69) is 10.3 Å². The van der Waals surface area contributed by atoms with Gasteiger partial charge in [-0.1, -0.05) is 0 Å². The average molecular weight is 357 g/mol. The molecule has 1 saturated heterocycles. The van der Waals surface area contributed by atoms with Crippen molar-refractivity contribution in [2.24, 2.45) is 14.1 Å². The fraction of sp³-hybridized carbons (Fsp3) is 0.444. The van der Waals surface area contributed by atoms with Crippen LogP contribution in [0.1, 0.15) is 34.8 Å². The van der Waals surface area contributed by atoms with Crippen molar-refractivity contribution in [2.75, 3.05) is 25.5 Å². The topological polar surface area (TPSA) is 89.2 Å². The third-order valence-electron chi connectivity index (χ3n) is 4.97. The Balaban J connectivity index is 1.87. The van der Waals surface area contributed by atoms with Crippen LogP contribution >= 0.6 is 0 Å². The van der Waals surface area contributed by atoms with Crippen LogP contribution in [0.5, 0.6) is 0 Å². The van der Waals surface area contributed by atoms with Gasteiger partial charge >= 0.3 is 5.69 Å². The van der Waals surface area contributed by atoms with Crippen LogP contribution in [0.25, 0.3) is 0 Å². The molecule has 0 spiro atoms.